The number of benzene rings is 1. The second-order valence-electron chi connectivity index (χ2n) is 7.26. The van der Waals surface area contributed by atoms with Gasteiger partial charge in [0.05, 0.1) is 16.8 Å². The van der Waals surface area contributed by atoms with E-state index in [1.54, 1.807) is 0 Å². The molecule has 2 aliphatic heterocycles. The Kier molecular flexibility index (Phi) is 5.73. The van der Waals surface area contributed by atoms with Gasteiger partial charge >= 0.3 is 6.18 Å². The molecule has 0 amide bonds. The van der Waals surface area contributed by atoms with Crippen molar-refractivity contribution in [2.45, 2.75) is 31.5 Å². The van der Waals surface area contributed by atoms with Gasteiger partial charge in [-0.05, 0) is 44.6 Å². The molecule has 0 unspecified atom stereocenters. The van der Waals surface area contributed by atoms with Gasteiger partial charge in [0, 0.05) is 38.8 Å². The highest BCUT2D eigenvalue weighted by molar-refractivity contribution is 5.61. The van der Waals surface area contributed by atoms with Crippen LogP contribution in [0.2, 0.25) is 0 Å². The van der Waals surface area contributed by atoms with Crippen LogP contribution in [0.1, 0.15) is 30.4 Å². The molecule has 0 N–H and O–H groups in total. The Morgan fingerprint density at radius 1 is 1.12 bits per heavy atom. The van der Waals surface area contributed by atoms with Crippen LogP contribution >= 0.6 is 0 Å². The maximum atomic E-state index is 12.8. The van der Waals surface area contributed by atoms with Crippen molar-refractivity contribution in [1.29, 1.82) is 5.26 Å². The second-order valence-corrected chi connectivity index (χ2v) is 7.26. The molecule has 0 saturated carbocycles. The number of piperazine rings is 1. The van der Waals surface area contributed by atoms with Crippen LogP contribution < -0.4 is 4.90 Å². The number of anilines is 1. The van der Waals surface area contributed by atoms with Gasteiger partial charge in [-0.25, -0.2) is 0 Å². The highest BCUT2D eigenvalue weighted by Gasteiger charge is 2.32. The Morgan fingerprint density at radius 2 is 1.85 bits per heavy atom. The van der Waals surface area contributed by atoms with E-state index in [2.05, 4.69) is 16.8 Å². The van der Waals surface area contributed by atoms with Crippen molar-refractivity contribution in [3.8, 4) is 6.07 Å². The molecular weight excluding hydrogens is 341 g/mol. The molecule has 0 radical (unpaired) electrons. The maximum Gasteiger partial charge on any atom is 0.416 e. The minimum absolute atomic E-state index is 0.0975. The third-order valence-electron chi connectivity index (χ3n) is 5.55. The molecule has 26 heavy (non-hydrogen) atoms. The van der Waals surface area contributed by atoms with Crippen molar-refractivity contribution in [2.75, 3.05) is 51.2 Å². The normalized spacial score (nSPS) is 23.0. The smallest absolute Gasteiger partial charge is 0.368 e. The van der Waals surface area contributed by atoms with Crippen LogP contribution in [-0.4, -0.2) is 62.2 Å². The van der Waals surface area contributed by atoms with Crippen LogP contribution in [-0.2, 0) is 6.18 Å². The molecule has 3 rings (SSSR count). The first-order chi connectivity index (χ1) is 12.4. The van der Waals surface area contributed by atoms with Gasteiger partial charge in [0.25, 0.3) is 0 Å². The highest BCUT2D eigenvalue weighted by Crippen LogP contribution is 2.33. The van der Waals surface area contributed by atoms with Crippen molar-refractivity contribution in [2.24, 2.45) is 0 Å². The van der Waals surface area contributed by atoms with Crippen molar-refractivity contribution in [3.63, 3.8) is 0 Å². The van der Waals surface area contributed by atoms with E-state index < -0.39 is 11.7 Å². The van der Waals surface area contributed by atoms with Gasteiger partial charge in [0.15, 0.2) is 0 Å². The molecule has 0 bridgehead atoms. The number of rotatable bonds is 3. The Balaban J connectivity index is 1.62. The Bertz CT molecular complexity index is 660. The van der Waals surface area contributed by atoms with E-state index in [0.717, 1.165) is 51.4 Å². The number of nitriles is 1. The summed E-state index contributed by atoms with van der Waals surface area (Å²) in [5.41, 5.74) is -0.0630. The first-order valence-electron chi connectivity index (χ1n) is 9.17. The van der Waals surface area contributed by atoms with E-state index in [9.17, 15) is 18.4 Å². The summed E-state index contributed by atoms with van der Waals surface area (Å²) in [7, 11) is 2.18. The number of hydrogen-bond acceptors (Lipinski definition) is 4. The van der Waals surface area contributed by atoms with Crippen LogP contribution in [0.15, 0.2) is 18.2 Å². The maximum absolute atomic E-state index is 12.8. The summed E-state index contributed by atoms with van der Waals surface area (Å²) in [6.45, 7) is 5.41. The Morgan fingerprint density at radius 3 is 2.46 bits per heavy atom. The topological polar surface area (TPSA) is 33.5 Å². The third kappa shape index (κ3) is 4.30. The Hall–Kier alpha value is -1.78. The summed E-state index contributed by atoms with van der Waals surface area (Å²) in [4.78, 5) is 6.89. The summed E-state index contributed by atoms with van der Waals surface area (Å²) < 4.78 is 38.5. The van der Waals surface area contributed by atoms with Crippen molar-refractivity contribution in [3.05, 3.63) is 29.3 Å². The predicted molar refractivity (Wildman–Crippen MR) is 95.1 cm³/mol. The SMILES string of the molecule is CN1CCCC[C@H]1CN1CCN(c2ccc(C(F)(F)F)cc2C#N)CC1. The van der Waals surface area contributed by atoms with Crippen molar-refractivity contribution < 1.29 is 13.2 Å². The minimum atomic E-state index is -4.42. The zero-order chi connectivity index (χ0) is 18.7. The fraction of sp³-hybridized carbons (Fsp3) is 0.632. The number of hydrogen-bond donors (Lipinski definition) is 0. The molecule has 2 heterocycles. The second kappa shape index (κ2) is 7.85. The van der Waals surface area contributed by atoms with Gasteiger partial charge in [-0.2, -0.15) is 18.4 Å². The fourth-order valence-electron chi connectivity index (χ4n) is 3.92. The lowest BCUT2D eigenvalue weighted by molar-refractivity contribution is -0.137. The summed E-state index contributed by atoms with van der Waals surface area (Å²) in [6, 6.07) is 5.98. The monoisotopic (exact) mass is 366 g/mol. The fourth-order valence-corrected chi connectivity index (χ4v) is 3.92. The van der Waals surface area contributed by atoms with E-state index in [1.165, 1.54) is 25.3 Å². The summed E-state index contributed by atoms with van der Waals surface area (Å²) in [5, 5.41) is 9.28. The highest BCUT2D eigenvalue weighted by atomic mass is 19.4. The standard InChI is InChI=1S/C19H25F3N4/c1-24-7-3-2-4-17(24)14-25-8-10-26(11-9-25)18-6-5-16(19(20,21)22)12-15(18)13-23/h5-6,12,17H,2-4,7-11,14H2,1H3/t17-/m0/s1. The Labute approximate surface area is 152 Å². The van der Waals surface area contributed by atoms with Crippen LogP contribution in [0.25, 0.3) is 0 Å². The van der Waals surface area contributed by atoms with Crippen LogP contribution in [0.3, 0.4) is 0 Å². The van der Waals surface area contributed by atoms with Gasteiger partial charge in [0.2, 0.25) is 0 Å². The number of halogens is 3. The molecule has 2 saturated heterocycles. The number of nitrogens with zero attached hydrogens (tertiary/aromatic N) is 4. The van der Waals surface area contributed by atoms with E-state index in [-0.39, 0.29) is 5.56 Å². The van der Waals surface area contributed by atoms with E-state index in [1.807, 2.05) is 11.0 Å². The lowest BCUT2D eigenvalue weighted by Gasteiger charge is -2.41. The molecule has 1 aromatic carbocycles. The molecule has 2 aliphatic rings. The quantitative estimate of drug-likeness (QED) is 0.823. The molecular formula is C19H25F3N4. The average Bonchev–Trinajstić information content (AvgIpc) is 2.63. The molecule has 2 fully saturated rings. The van der Waals surface area contributed by atoms with E-state index >= 15 is 0 Å². The number of alkyl halides is 3. The van der Waals surface area contributed by atoms with Crippen LogP contribution in [0.4, 0.5) is 18.9 Å². The molecule has 7 heteroatoms. The molecule has 0 aromatic heterocycles. The third-order valence-corrected chi connectivity index (χ3v) is 5.55. The predicted octanol–water partition coefficient (Wildman–Crippen LogP) is 3.18. The summed E-state index contributed by atoms with van der Waals surface area (Å²) in [5.74, 6) is 0. The lowest BCUT2D eigenvalue weighted by Crippen LogP contribution is -2.52. The molecule has 0 aliphatic carbocycles. The van der Waals surface area contributed by atoms with Crippen LogP contribution in [0, 0.1) is 11.3 Å². The lowest BCUT2D eigenvalue weighted by atomic mass is 10.0. The van der Waals surface area contributed by atoms with Crippen molar-refractivity contribution >= 4 is 5.69 Å². The van der Waals surface area contributed by atoms with E-state index in [4.69, 9.17) is 0 Å². The number of likely N-dealkylation sites (N-methyl/N-ethyl adjacent to an activating group) is 1. The van der Waals surface area contributed by atoms with Gasteiger partial charge in [-0.3, -0.25) is 4.90 Å². The van der Waals surface area contributed by atoms with Gasteiger partial charge in [-0.15, -0.1) is 0 Å². The first-order valence-corrected chi connectivity index (χ1v) is 9.17. The largest absolute Gasteiger partial charge is 0.416 e. The zero-order valence-corrected chi connectivity index (χ0v) is 15.1. The van der Waals surface area contributed by atoms with Gasteiger partial charge < -0.3 is 9.80 Å². The molecule has 142 valence electrons. The number of likely N-dealkylation sites (tertiary alicyclic amines) is 1. The summed E-state index contributed by atoms with van der Waals surface area (Å²) in [6.07, 6.45) is -0.638. The van der Waals surface area contributed by atoms with E-state index in [0.29, 0.717) is 11.7 Å². The first kappa shape index (κ1) is 19.0. The molecule has 4 nitrogen and oxygen atoms in total. The van der Waals surface area contributed by atoms with Gasteiger partial charge in [-0.1, -0.05) is 6.42 Å². The molecule has 1 atom stereocenters. The summed E-state index contributed by atoms with van der Waals surface area (Å²) >= 11 is 0. The zero-order valence-electron chi connectivity index (χ0n) is 15.1. The average molecular weight is 366 g/mol. The molecule has 0 spiro atoms. The van der Waals surface area contributed by atoms with Crippen molar-refractivity contribution in [1.82, 2.24) is 9.80 Å². The van der Waals surface area contributed by atoms with Crippen LogP contribution in [0.5, 0.6) is 0 Å². The van der Waals surface area contributed by atoms with Gasteiger partial charge in [0.1, 0.15) is 6.07 Å². The minimum Gasteiger partial charge on any atom is -0.368 e. The number of piperidine rings is 1. The molecule has 1 aromatic rings.